The molecule has 2 rings (SSSR count). The zero-order valence-corrected chi connectivity index (χ0v) is 10.7. The van der Waals surface area contributed by atoms with E-state index in [1.807, 2.05) is 0 Å². The van der Waals surface area contributed by atoms with E-state index >= 15 is 0 Å². The average Bonchev–Trinajstić information content (AvgIpc) is 3.23. The Bertz CT molecular complexity index is 491. The summed E-state index contributed by atoms with van der Waals surface area (Å²) in [6, 6.07) is 8.42. The van der Waals surface area contributed by atoms with Gasteiger partial charge in [0, 0.05) is 17.9 Å². The third kappa shape index (κ3) is 4.15. The summed E-state index contributed by atoms with van der Waals surface area (Å²) in [5.41, 5.74) is 2.72. The van der Waals surface area contributed by atoms with Crippen LogP contribution >= 0.6 is 0 Å². The van der Waals surface area contributed by atoms with E-state index in [-0.39, 0.29) is 5.47 Å². The lowest BCUT2D eigenvalue weighted by Gasteiger charge is -2.01. The Kier molecular flexibility index (Phi) is 4.66. The van der Waals surface area contributed by atoms with Gasteiger partial charge in [-0.25, -0.2) is 0 Å². The second-order valence-electron chi connectivity index (χ2n) is 4.67. The third-order valence-corrected chi connectivity index (χ3v) is 3.08. The van der Waals surface area contributed by atoms with E-state index < -0.39 is 7.12 Å². The normalized spacial score (nSPS) is 15.8. The first kappa shape index (κ1) is 13.7. The summed E-state index contributed by atoms with van der Waals surface area (Å²) in [6.45, 7) is 3.78. The van der Waals surface area contributed by atoms with Crippen LogP contribution in [0.25, 0.3) is 0 Å². The molecule has 2 N–H and O–H groups in total. The van der Waals surface area contributed by atoms with Gasteiger partial charge in [0.2, 0.25) is 0 Å². The Morgan fingerprint density at radius 1 is 1.32 bits per heavy atom. The van der Waals surface area contributed by atoms with Crippen molar-refractivity contribution < 1.29 is 10.0 Å². The van der Waals surface area contributed by atoms with Crippen LogP contribution in [-0.4, -0.2) is 30.1 Å². The number of nitrogens with zero attached hydrogens (tertiary/aromatic N) is 2. The lowest BCUT2D eigenvalue weighted by molar-refractivity contribution is 0.422. The highest BCUT2D eigenvalue weighted by Crippen LogP contribution is 2.39. The maximum atomic E-state index is 9.05. The van der Waals surface area contributed by atoms with Crippen molar-refractivity contribution in [3.05, 3.63) is 47.1 Å². The van der Waals surface area contributed by atoms with Gasteiger partial charge < -0.3 is 10.0 Å². The Hall–Kier alpha value is -1.72. The predicted octanol–water partition coefficient (Wildman–Crippen LogP) is 1.73. The molecule has 1 aliphatic rings. The minimum Gasteiger partial charge on any atom is -0.423 e. The first-order chi connectivity index (χ1) is 9.20. The van der Waals surface area contributed by atoms with Gasteiger partial charge in [-0.05, 0) is 36.6 Å². The van der Waals surface area contributed by atoms with Gasteiger partial charge in [-0.15, -0.1) is 0 Å². The lowest BCUT2D eigenvalue weighted by atomic mass is 9.81. The number of hydrogen-bond acceptors (Lipinski definition) is 4. The summed E-state index contributed by atoms with van der Waals surface area (Å²) in [4.78, 5) is 7.67. The molecular formula is C14H17BN2O2. The van der Waals surface area contributed by atoms with Crippen molar-refractivity contribution in [3.63, 3.8) is 0 Å². The molecule has 1 aromatic rings. The summed E-state index contributed by atoms with van der Waals surface area (Å²) in [5.74, 6) is 0.760. The molecule has 98 valence electrons. The number of hydrogen-bond donors (Lipinski definition) is 2. The fraction of sp³-hybridized carbons (Fsp3) is 0.286. The van der Waals surface area contributed by atoms with Gasteiger partial charge in [-0.1, -0.05) is 24.3 Å². The Morgan fingerprint density at radius 3 is 2.53 bits per heavy atom. The molecule has 1 saturated carbocycles. The Labute approximate surface area is 113 Å². The molecule has 0 amide bonds. The summed E-state index contributed by atoms with van der Waals surface area (Å²) < 4.78 is 0. The highest BCUT2D eigenvalue weighted by molar-refractivity contribution is 6.56. The lowest BCUT2D eigenvalue weighted by Crippen LogP contribution is -2.16. The predicted molar refractivity (Wildman–Crippen MR) is 78.4 cm³/mol. The van der Waals surface area contributed by atoms with Crippen LogP contribution in [0.15, 0.2) is 45.9 Å². The fourth-order valence-electron chi connectivity index (χ4n) is 1.84. The molecule has 4 nitrogen and oxygen atoms in total. The van der Waals surface area contributed by atoms with Crippen LogP contribution in [0.2, 0.25) is 0 Å². The Morgan fingerprint density at radius 2 is 2.00 bits per heavy atom. The van der Waals surface area contributed by atoms with E-state index in [2.05, 4.69) is 41.0 Å². The van der Waals surface area contributed by atoms with E-state index in [9.17, 15) is 0 Å². The molecule has 0 saturated heterocycles. The molecule has 1 fully saturated rings. The largest absolute Gasteiger partial charge is 0.491 e. The fourth-order valence-corrected chi connectivity index (χ4v) is 1.84. The second kappa shape index (κ2) is 6.45. The van der Waals surface area contributed by atoms with Crippen molar-refractivity contribution in [1.82, 2.24) is 0 Å². The molecule has 0 aliphatic heterocycles. The van der Waals surface area contributed by atoms with Crippen LogP contribution in [-0.2, 0) is 6.54 Å². The van der Waals surface area contributed by atoms with E-state index in [1.54, 1.807) is 0 Å². The third-order valence-electron chi connectivity index (χ3n) is 3.08. The molecular weight excluding hydrogens is 239 g/mol. The highest BCUT2D eigenvalue weighted by Gasteiger charge is 2.22. The van der Waals surface area contributed by atoms with Crippen LogP contribution in [0.3, 0.4) is 0 Å². The van der Waals surface area contributed by atoms with E-state index in [0.717, 1.165) is 11.5 Å². The van der Waals surface area contributed by atoms with Crippen molar-refractivity contribution in [2.45, 2.75) is 25.3 Å². The number of allylic oxidation sites excluding steroid dienone is 1. The molecule has 0 bridgehead atoms. The van der Waals surface area contributed by atoms with Crippen LogP contribution in [0, 0.1) is 0 Å². The molecule has 1 aromatic carbocycles. The van der Waals surface area contributed by atoms with Crippen LogP contribution in [0.4, 0.5) is 0 Å². The van der Waals surface area contributed by atoms with Gasteiger partial charge in [0.1, 0.15) is 0 Å². The van der Waals surface area contributed by atoms with Gasteiger partial charge in [0.25, 0.3) is 0 Å². The average molecular weight is 256 g/mol. The van der Waals surface area contributed by atoms with Crippen molar-refractivity contribution in [1.29, 1.82) is 0 Å². The Balaban J connectivity index is 1.93. The maximum absolute atomic E-state index is 9.05. The van der Waals surface area contributed by atoms with Crippen molar-refractivity contribution in [2.24, 2.45) is 9.98 Å². The van der Waals surface area contributed by atoms with Crippen molar-refractivity contribution in [2.75, 3.05) is 0 Å². The van der Waals surface area contributed by atoms with Crippen LogP contribution < -0.4 is 0 Å². The molecule has 5 heteroatoms. The zero-order valence-electron chi connectivity index (χ0n) is 10.7. The number of benzene rings is 1. The van der Waals surface area contributed by atoms with E-state index in [1.165, 1.54) is 30.8 Å². The molecule has 0 atom stereocenters. The van der Waals surface area contributed by atoms with Gasteiger partial charge in [-0.2, -0.15) is 0 Å². The van der Waals surface area contributed by atoms with E-state index in [0.29, 0.717) is 6.54 Å². The maximum Gasteiger partial charge on any atom is 0.491 e. The standard InChI is InChI=1S/C14H17BN2O2/c1-16-9-14(15(18)19)10-17-8-11-2-4-12(5-3-11)13-6-7-13/h2-5,9-10,13,18-19H,1,6-8H2/b14-9+,17-10?. The molecule has 19 heavy (non-hydrogen) atoms. The van der Waals surface area contributed by atoms with Crippen LogP contribution in [0.1, 0.15) is 29.9 Å². The number of aliphatic imine (C=N–C) groups is 2. The quantitative estimate of drug-likeness (QED) is 0.601. The smallest absolute Gasteiger partial charge is 0.423 e. The minimum atomic E-state index is -1.58. The molecule has 0 aromatic heterocycles. The van der Waals surface area contributed by atoms with Gasteiger partial charge in [0.15, 0.2) is 0 Å². The monoisotopic (exact) mass is 256 g/mol. The van der Waals surface area contributed by atoms with Crippen molar-refractivity contribution in [3.8, 4) is 0 Å². The second-order valence-corrected chi connectivity index (χ2v) is 4.67. The first-order valence-electron chi connectivity index (χ1n) is 6.31. The van der Waals surface area contributed by atoms with Gasteiger partial charge in [-0.3, -0.25) is 9.98 Å². The summed E-state index contributed by atoms with van der Waals surface area (Å²) in [7, 11) is -1.58. The molecule has 0 spiro atoms. The summed E-state index contributed by atoms with van der Waals surface area (Å²) in [6.07, 6.45) is 5.29. The molecule has 1 aliphatic carbocycles. The minimum absolute atomic E-state index is 0.226. The topological polar surface area (TPSA) is 65.2 Å². The number of rotatable bonds is 6. The zero-order chi connectivity index (χ0) is 13.7. The van der Waals surface area contributed by atoms with Crippen molar-refractivity contribution >= 4 is 20.1 Å². The van der Waals surface area contributed by atoms with E-state index in [4.69, 9.17) is 10.0 Å². The van der Waals surface area contributed by atoms with Gasteiger partial charge >= 0.3 is 7.12 Å². The van der Waals surface area contributed by atoms with Gasteiger partial charge in [0.05, 0.1) is 6.54 Å². The summed E-state index contributed by atoms with van der Waals surface area (Å²) in [5, 5.41) is 18.1. The molecule has 0 unspecified atom stereocenters. The SMILES string of the molecule is C=N/C=C(\C=NCc1ccc(C2CC2)cc1)B(O)O. The first-order valence-corrected chi connectivity index (χ1v) is 6.31. The highest BCUT2D eigenvalue weighted by atomic mass is 16.4. The molecule has 0 heterocycles. The molecule has 0 radical (unpaired) electrons. The summed E-state index contributed by atoms with van der Waals surface area (Å²) >= 11 is 0. The van der Waals surface area contributed by atoms with Crippen LogP contribution in [0.5, 0.6) is 0 Å².